The average molecular weight is 248 g/mol. The van der Waals surface area contributed by atoms with Crippen molar-refractivity contribution in [1.82, 2.24) is 9.78 Å². The quantitative estimate of drug-likeness (QED) is 0.795. The van der Waals surface area contributed by atoms with E-state index in [9.17, 15) is 4.79 Å². The van der Waals surface area contributed by atoms with Crippen molar-refractivity contribution in [1.29, 1.82) is 0 Å². The summed E-state index contributed by atoms with van der Waals surface area (Å²) in [5.41, 5.74) is 7.08. The topological polar surface area (TPSA) is 82.5 Å². The summed E-state index contributed by atoms with van der Waals surface area (Å²) >= 11 is 0. The zero-order chi connectivity index (χ0) is 12.7. The van der Waals surface area contributed by atoms with Gasteiger partial charge in [-0.3, -0.25) is 4.79 Å². The summed E-state index contributed by atoms with van der Waals surface area (Å²) in [5, 5.41) is 4.49. The van der Waals surface area contributed by atoms with E-state index in [0.717, 1.165) is 11.5 Å². The predicted octanol–water partition coefficient (Wildman–Crippen LogP) is 1.11. The highest BCUT2D eigenvalue weighted by Gasteiger charge is 2.33. The number of fused-ring (bicyclic) bond motifs is 1. The van der Waals surface area contributed by atoms with Crippen molar-refractivity contribution >= 4 is 18.0 Å². The van der Waals surface area contributed by atoms with Gasteiger partial charge < -0.3 is 10.5 Å². The van der Waals surface area contributed by atoms with Crippen LogP contribution in [0.5, 0.6) is 0 Å². The van der Waals surface area contributed by atoms with Crippen LogP contribution in [0.1, 0.15) is 37.0 Å². The predicted molar refractivity (Wildman–Crippen MR) is 65.7 cm³/mol. The molecular weight excluding hydrogens is 232 g/mol. The van der Waals surface area contributed by atoms with Gasteiger partial charge in [0.05, 0.1) is 12.8 Å². The van der Waals surface area contributed by atoms with Crippen LogP contribution in [0.25, 0.3) is 0 Å². The third-order valence-corrected chi connectivity index (χ3v) is 3.75. The molecule has 1 aliphatic carbocycles. The van der Waals surface area contributed by atoms with Crippen LogP contribution < -0.4 is 5.73 Å². The Kier molecular flexibility index (Phi) is 2.66. The first-order valence-corrected chi connectivity index (χ1v) is 6.17. The van der Waals surface area contributed by atoms with E-state index in [1.165, 1.54) is 26.4 Å². The third kappa shape index (κ3) is 1.64. The largest absolute Gasteiger partial charge is 0.468 e. The van der Waals surface area contributed by atoms with Gasteiger partial charge in [-0.05, 0) is 12.8 Å². The van der Waals surface area contributed by atoms with Gasteiger partial charge in [-0.2, -0.15) is 5.10 Å². The standard InChI is InChI=1S/C12H16N4O2/c1-18-12(17)8-6-14-10-5-9(7-3-2-4-7)15-16(10)11(8)13/h5-8,11H,2-4,13H2,1H3. The van der Waals surface area contributed by atoms with Gasteiger partial charge in [0, 0.05) is 18.2 Å². The number of rotatable bonds is 2. The van der Waals surface area contributed by atoms with Crippen LogP contribution in [0.4, 0.5) is 5.82 Å². The normalized spacial score (nSPS) is 26.6. The summed E-state index contributed by atoms with van der Waals surface area (Å²) in [4.78, 5) is 15.8. The highest BCUT2D eigenvalue weighted by atomic mass is 16.5. The molecule has 0 bridgehead atoms. The fraction of sp³-hybridized carbons (Fsp3) is 0.583. The molecule has 0 aromatic carbocycles. The number of hydrogen-bond donors (Lipinski definition) is 1. The van der Waals surface area contributed by atoms with E-state index in [1.54, 1.807) is 10.9 Å². The van der Waals surface area contributed by atoms with Gasteiger partial charge in [-0.15, -0.1) is 0 Å². The molecule has 6 heteroatoms. The Bertz CT molecular complexity index is 504. The van der Waals surface area contributed by atoms with E-state index < -0.39 is 12.1 Å². The first-order valence-electron chi connectivity index (χ1n) is 6.17. The van der Waals surface area contributed by atoms with Crippen LogP contribution in [0.15, 0.2) is 11.1 Å². The summed E-state index contributed by atoms with van der Waals surface area (Å²) in [5.74, 6) is 0.320. The lowest BCUT2D eigenvalue weighted by Gasteiger charge is -2.24. The Morgan fingerprint density at radius 2 is 2.33 bits per heavy atom. The molecular formula is C12H16N4O2. The summed E-state index contributed by atoms with van der Waals surface area (Å²) in [7, 11) is 1.35. The van der Waals surface area contributed by atoms with Crippen LogP contribution >= 0.6 is 0 Å². The maximum absolute atomic E-state index is 11.6. The number of carbonyl (C=O) groups excluding carboxylic acids is 1. The molecule has 18 heavy (non-hydrogen) atoms. The van der Waals surface area contributed by atoms with Gasteiger partial charge in [-0.25, -0.2) is 9.67 Å². The van der Waals surface area contributed by atoms with Gasteiger partial charge in [0.25, 0.3) is 0 Å². The van der Waals surface area contributed by atoms with Gasteiger partial charge in [0.2, 0.25) is 0 Å². The Morgan fingerprint density at radius 3 is 2.94 bits per heavy atom. The lowest BCUT2D eigenvalue weighted by molar-refractivity contribution is -0.144. The van der Waals surface area contributed by atoms with E-state index in [2.05, 4.69) is 10.1 Å². The van der Waals surface area contributed by atoms with E-state index in [0.29, 0.717) is 5.92 Å². The number of esters is 1. The van der Waals surface area contributed by atoms with Crippen LogP contribution in [0, 0.1) is 5.92 Å². The lowest BCUT2D eigenvalue weighted by Crippen LogP contribution is -2.37. The smallest absolute Gasteiger partial charge is 0.317 e. The second-order valence-corrected chi connectivity index (χ2v) is 4.82. The Hall–Kier alpha value is -1.69. The zero-order valence-electron chi connectivity index (χ0n) is 10.2. The number of aromatic nitrogens is 2. The van der Waals surface area contributed by atoms with E-state index in [4.69, 9.17) is 10.5 Å². The fourth-order valence-corrected chi connectivity index (χ4v) is 2.36. The molecule has 1 aromatic rings. The van der Waals surface area contributed by atoms with Crippen molar-refractivity contribution in [2.45, 2.75) is 31.3 Å². The van der Waals surface area contributed by atoms with E-state index >= 15 is 0 Å². The van der Waals surface area contributed by atoms with Crippen molar-refractivity contribution in [3.8, 4) is 0 Å². The molecule has 96 valence electrons. The highest BCUT2D eigenvalue weighted by Crippen LogP contribution is 2.38. The highest BCUT2D eigenvalue weighted by molar-refractivity contribution is 5.92. The number of methoxy groups -OCH3 is 1. The molecule has 0 spiro atoms. The molecule has 2 unspecified atom stereocenters. The number of ether oxygens (including phenoxy) is 1. The molecule has 1 aromatic heterocycles. The third-order valence-electron chi connectivity index (χ3n) is 3.75. The second-order valence-electron chi connectivity index (χ2n) is 4.82. The first kappa shape index (κ1) is 11.4. The van der Waals surface area contributed by atoms with Crippen molar-refractivity contribution in [3.05, 3.63) is 11.8 Å². The molecule has 2 aliphatic rings. The molecule has 0 radical (unpaired) electrons. The minimum atomic E-state index is -0.559. The van der Waals surface area contributed by atoms with Crippen molar-refractivity contribution in [2.75, 3.05) is 7.11 Å². The number of nitrogens with two attached hydrogens (primary N) is 1. The molecule has 2 heterocycles. The summed E-state index contributed by atoms with van der Waals surface area (Å²) in [6.45, 7) is 0. The zero-order valence-corrected chi connectivity index (χ0v) is 10.2. The molecule has 2 atom stereocenters. The average Bonchev–Trinajstić information content (AvgIpc) is 2.70. The SMILES string of the molecule is COC(=O)C1C=Nc2cc(C3CCC3)nn2C1N. The maximum atomic E-state index is 11.6. The monoisotopic (exact) mass is 248 g/mol. The molecule has 3 rings (SSSR count). The maximum Gasteiger partial charge on any atom is 0.317 e. The summed E-state index contributed by atoms with van der Waals surface area (Å²) < 4.78 is 6.34. The molecule has 0 amide bonds. The molecule has 1 saturated carbocycles. The first-order chi connectivity index (χ1) is 8.70. The molecule has 2 N–H and O–H groups in total. The van der Waals surface area contributed by atoms with Gasteiger partial charge in [0.15, 0.2) is 5.82 Å². The summed E-state index contributed by atoms with van der Waals surface area (Å²) in [6, 6.07) is 1.97. The Morgan fingerprint density at radius 1 is 1.56 bits per heavy atom. The molecule has 0 saturated heterocycles. The molecule has 6 nitrogen and oxygen atoms in total. The fourth-order valence-electron chi connectivity index (χ4n) is 2.36. The van der Waals surface area contributed by atoms with Crippen LogP contribution in [-0.4, -0.2) is 29.1 Å². The second kappa shape index (κ2) is 4.20. The van der Waals surface area contributed by atoms with Gasteiger partial charge in [0.1, 0.15) is 12.1 Å². The van der Waals surface area contributed by atoms with Crippen LogP contribution in [0.2, 0.25) is 0 Å². The number of aliphatic imine (C=N–C) groups is 1. The number of hydrogen-bond acceptors (Lipinski definition) is 5. The van der Waals surface area contributed by atoms with Crippen molar-refractivity contribution in [2.24, 2.45) is 16.6 Å². The van der Waals surface area contributed by atoms with Gasteiger partial charge >= 0.3 is 5.97 Å². The van der Waals surface area contributed by atoms with Crippen molar-refractivity contribution in [3.63, 3.8) is 0 Å². The van der Waals surface area contributed by atoms with Gasteiger partial charge in [-0.1, -0.05) is 6.42 Å². The van der Waals surface area contributed by atoms with Crippen LogP contribution in [0.3, 0.4) is 0 Å². The lowest BCUT2D eigenvalue weighted by atomic mass is 9.83. The minimum absolute atomic E-state index is 0.377. The van der Waals surface area contributed by atoms with E-state index in [-0.39, 0.29) is 5.97 Å². The number of nitrogens with zero attached hydrogens (tertiary/aromatic N) is 3. The Balaban J connectivity index is 1.89. The molecule has 1 fully saturated rings. The molecule has 1 aliphatic heterocycles. The minimum Gasteiger partial charge on any atom is -0.468 e. The van der Waals surface area contributed by atoms with Crippen molar-refractivity contribution < 1.29 is 9.53 Å². The number of carbonyl (C=O) groups is 1. The van der Waals surface area contributed by atoms with E-state index in [1.807, 2.05) is 6.07 Å². The Labute approximate surface area is 105 Å². The summed E-state index contributed by atoms with van der Waals surface area (Å²) in [6.07, 6.45) is 4.63. The van der Waals surface area contributed by atoms with Crippen LogP contribution in [-0.2, 0) is 9.53 Å².